The van der Waals surface area contributed by atoms with Gasteiger partial charge in [-0.05, 0) is 18.6 Å². The standard InChI is InChI=1S/C14H17ClN2O2/c1-10(9-15)14(19)16-11-5-2-3-6-12(11)17-8-4-7-13(17)18/h2-3,5-6,10H,4,7-9H2,1H3,(H,16,19). The molecule has 1 atom stereocenters. The molecule has 2 amide bonds. The molecule has 1 aromatic rings. The van der Waals surface area contributed by atoms with E-state index in [-0.39, 0.29) is 23.6 Å². The van der Waals surface area contributed by atoms with Gasteiger partial charge in [-0.15, -0.1) is 11.6 Å². The molecule has 0 aromatic heterocycles. The van der Waals surface area contributed by atoms with Gasteiger partial charge in [0.05, 0.1) is 11.4 Å². The van der Waals surface area contributed by atoms with Crippen LogP contribution < -0.4 is 10.2 Å². The predicted molar refractivity (Wildman–Crippen MR) is 76.5 cm³/mol. The van der Waals surface area contributed by atoms with E-state index < -0.39 is 0 Å². The number of para-hydroxylation sites is 2. The average Bonchev–Trinajstić information content (AvgIpc) is 2.84. The van der Waals surface area contributed by atoms with Crippen molar-refractivity contribution in [3.63, 3.8) is 0 Å². The first-order valence-corrected chi connectivity index (χ1v) is 6.93. The van der Waals surface area contributed by atoms with E-state index >= 15 is 0 Å². The molecule has 4 nitrogen and oxygen atoms in total. The number of rotatable bonds is 4. The Morgan fingerprint density at radius 1 is 1.47 bits per heavy atom. The molecule has 1 N–H and O–H groups in total. The number of nitrogens with zero attached hydrogens (tertiary/aromatic N) is 1. The van der Waals surface area contributed by atoms with E-state index in [0.29, 0.717) is 18.7 Å². The monoisotopic (exact) mass is 280 g/mol. The molecule has 1 heterocycles. The summed E-state index contributed by atoms with van der Waals surface area (Å²) in [5.74, 6) is -0.0124. The van der Waals surface area contributed by atoms with Crippen molar-refractivity contribution in [3.05, 3.63) is 24.3 Å². The zero-order valence-corrected chi connectivity index (χ0v) is 11.6. The molecule has 1 unspecified atom stereocenters. The highest BCUT2D eigenvalue weighted by molar-refractivity contribution is 6.19. The maximum absolute atomic E-state index is 11.9. The zero-order chi connectivity index (χ0) is 13.8. The molecule has 1 saturated heterocycles. The molecule has 1 aliphatic heterocycles. The van der Waals surface area contributed by atoms with Crippen LogP contribution in [0.3, 0.4) is 0 Å². The minimum atomic E-state index is -0.260. The van der Waals surface area contributed by atoms with Crippen LogP contribution in [0.25, 0.3) is 0 Å². The Labute approximate surface area is 117 Å². The third-order valence-corrected chi connectivity index (χ3v) is 3.67. The number of carbonyl (C=O) groups excluding carboxylic acids is 2. The third-order valence-electron chi connectivity index (χ3n) is 3.21. The molecular weight excluding hydrogens is 264 g/mol. The molecule has 0 aliphatic carbocycles. The Balaban J connectivity index is 2.21. The van der Waals surface area contributed by atoms with Gasteiger partial charge in [0.25, 0.3) is 0 Å². The van der Waals surface area contributed by atoms with Crippen molar-refractivity contribution in [2.45, 2.75) is 19.8 Å². The van der Waals surface area contributed by atoms with Crippen LogP contribution in [0.4, 0.5) is 11.4 Å². The first-order valence-electron chi connectivity index (χ1n) is 6.39. The molecule has 102 valence electrons. The van der Waals surface area contributed by atoms with E-state index in [4.69, 9.17) is 11.6 Å². The summed E-state index contributed by atoms with van der Waals surface area (Å²) in [5, 5.41) is 2.84. The van der Waals surface area contributed by atoms with Gasteiger partial charge < -0.3 is 10.2 Å². The molecule has 5 heteroatoms. The van der Waals surface area contributed by atoms with Crippen molar-refractivity contribution in [3.8, 4) is 0 Å². The van der Waals surface area contributed by atoms with Crippen LogP contribution in [-0.2, 0) is 9.59 Å². The fourth-order valence-corrected chi connectivity index (χ4v) is 2.18. The molecule has 0 spiro atoms. The summed E-state index contributed by atoms with van der Waals surface area (Å²) in [6.07, 6.45) is 1.43. The van der Waals surface area contributed by atoms with Gasteiger partial charge in [0.2, 0.25) is 11.8 Å². The topological polar surface area (TPSA) is 49.4 Å². The maximum atomic E-state index is 11.9. The van der Waals surface area contributed by atoms with Crippen molar-refractivity contribution in [2.75, 3.05) is 22.6 Å². The van der Waals surface area contributed by atoms with Gasteiger partial charge in [0.1, 0.15) is 0 Å². The number of benzene rings is 1. The number of alkyl halides is 1. The van der Waals surface area contributed by atoms with Gasteiger partial charge in [-0.3, -0.25) is 9.59 Å². The Bertz CT molecular complexity index is 490. The SMILES string of the molecule is CC(CCl)C(=O)Nc1ccccc1N1CCCC1=O. The molecule has 0 saturated carbocycles. The summed E-state index contributed by atoms with van der Waals surface area (Å²) < 4.78 is 0. The summed E-state index contributed by atoms with van der Waals surface area (Å²) in [6.45, 7) is 2.47. The van der Waals surface area contributed by atoms with Gasteiger partial charge in [-0.25, -0.2) is 0 Å². The summed E-state index contributed by atoms with van der Waals surface area (Å²) in [6, 6.07) is 7.36. The van der Waals surface area contributed by atoms with Crippen molar-refractivity contribution in [2.24, 2.45) is 5.92 Å². The Morgan fingerprint density at radius 3 is 2.84 bits per heavy atom. The molecule has 19 heavy (non-hydrogen) atoms. The number of halogens is 1. The third kappa shape index (κ3) is 3.07. The van der Waals surface area contributed by atoms with E-state index in [1.165, 1.54) is 0 Å². The number of anilines is 2. The first kappa shape index (κ1) is 13.9. The lowest BCUT2D eigenvalue weighted by molar-refractivity contribution is -0.119. The fourth-order valence-electron chi connectivity index (χ4n) is 2.04. The van der Waals surface area contributed by atoms with Gasteiger partial charge >= 0.3 is 0 Å². The Kier molecular flexibility index (Phi) is 4.43. The lowest BCUT2D eigenvalue weighted by atomic mass is 10.2. The second-order valence-electron chi connectivity index (χ2n) is 4.71. The van der Waals surface area contributed by atoms with E-state index in [9.17, 15) is 9.59 Å². The lowest BCUT2D eigenvalue weighted by Gasteiger charge is -2.20. The fraction of sp³-hybridized carbons (Fsp3) is 0.429. The van der Waals surface area contributed by atoms with Crippen molar-refractivity contribution in [1.82, 2.24) is 0 Å². The number of amides is 2. The quantitative estimate of drug-likeness (QED) is 0.862. The Hall–Kier alpha value is -1.55. The minimum Gasteiger partial charge on any atom is -0.324 e. The van der Waals surface area contributed by atoms with Crippen molar-refractivity contribution < 1.29 is 9.59 Å². The molecule has 1 aliphatic rings. The minimum absolute atomic E-state index is 0.104. The number of carbonyl (C=O) groups is 2. The number of hydrogen-bond donors (Lipinski definition) is 1. The first-order chi connectivity index (χ1) is 9.13. The smallest absolute Gasteiger partial charge is 0.228 e. The van der Waals surface area contributed by atoms with E-state index in [2.05, 4.69) is 5.32 Å². The van der Waals surface area contributed by atoms with Crippen LogP contribution in [0.1, 0.15) is 19.8 Å². The Morgan fingerprint density at radius 2 is 2.21 bits per heavy atom. The molecule has 2 rings (SSSR count). The highest BCUT2D eigenvalue weighted by atomic mass is 35.5. The van der Waals surface area contributed by atoms with Crippen LogP contribution in [-0.4, -0.2) is 24.2 Å². The second kappa shape index (κ2) is 6.06. The van der Waals surface area contributed by atoms with Crippen molar-refractivity contribution in [1.29, 1.82) is 0 Å². The lowest BCUT2D eigenvalue weighted by Crippen LogP contribution is -2.27. The highest BCUT2D eigenvalue weighted by Crippen LogP contribution is 2.29. The van der Waals surface area contributed by atoms with E-state index in [0.717, 1.165) is 12.1 Å². The largest absolute Gasteiger partial charge is 0.324 e. The normalized spacial score (nSPS) is 16.5. The molecule has 0 radical (unpaired) electrons. The van der Waals surface area contributed by atoms with Gasteiger partial charge in [0.15, 0.2) is 0 Å². The van der Waals surface area contributed by atoms with Gasteiger partial charge in [0, 0.05) is 24.8 Å². The number of hydrogen-bond acceptors (Lipinski definition) is 2. The van der Waals surface area contributed by atoms with Gasteiger partial charge in [-0.2, -0.15) is 0 Å². The maximum Gasteiger partial charge on any atom is 0.228 e. The van der Waals surface area contributed by atoms with Crippen LogP contribution in [0.5, 0.6) is 0 Å². The van der Waals surface area contributed by atoms with Crippen LogP contribution in [0.2, 0.25) is 0 Å². The second-order valence-corrected chi connectivity index (χ2v) is 5.02. The number of nitrogens with one attached hydrogen (secondary N) is 1. The summed E-state index contributed by atoms with van der Waals surface area (Å²) in [4.78, 5) is 25.4. The van der Waals surface area contributed by atoms with Crippen LogP contribution >= 0.6 is 11.6 Å². The summed E-state index contributed by atoms with van der Waals surface area (Å²) in [7, 11) is 0. The summed E-state index contributed by atoms with van der Waals surface area (Å²) in [5.41, 5.74) is 1.43. The molecule has 1 aromatic carbocycles. The average molecular weight is 281 g/mol. The predicted octanol–water partition coefficient (Wildman–Crippen LogP) is 2.63. The molecular formula is C14H17ClN2O2. The van der Waals surface area contributed by atoms with Crippen molar-refractivity contribution >= 4 is 34.8 Å². The van der Waals surface area contributed by atoms with E-state index in [1.807, 2.05) is 18.2 Å². The summed E-state index contributed by atoms with van der Waals surface area (Å²) >= 11 is 5.68. The van der Waals surface area contributed by atoms with E-state index in [1.54, 1.807) is 17.9 Å². The molecule has 0 bridgehead atoms. The van der Waals surface area contributed by atoms with Gasteiger partial charge in [-0.1, -0.05) is 19.1 Å². The van der Waals surface area contributed by atoms with Crippen LogP contribution in [0, 0.1) is 5.92 Å². The van der Waals surface area contributed by atoms with Crippen LogP contribution in [0.15, 0.2) is 24.3 Å². The highest BCUT2D eigenvalue weighted by Gasteiger charge is 2.24. The molecule has 1 fully saturated rings. The zero-order valence-electron chi connectivity index (χ0n) is 10.9.